The molecule has 2 rings (SSSR count). The topological polar surface area (TPSA) is 69.2 Å². The molecule has 2 aromatic carbocycles. The van der Waals surface area contributed by atoms with Crippen molar-refractivity contribution < 1.29 is 14.7 Å². The molecular weight excluding hydrogens is 325 g/mol. The van der Waals surface area contributed by atoms with Crippen molar-refractivity contribution >= 4 is 35.1 Å². The molecule has 0 saturated heterocycles. The number of carboxylic acids is 1. The SMILES string of the molecule is O=C(N[C@H](Cc1ccccc1)C(=O)[O-])c1ccc(Cl)cc1Cl. The molecule has 0 spiro atoms. The molecule has 0 aliphatic rings. The number of carboxylic acid groups (broad SMARTS) is 1. The Hall–Kier alpha value is -2.04. The Morgan fingerprint density at radius 2 is 1.77 bits per heavy atom. The number of nitrogens with one attached hydrogen (secondary N) is 1. The second-order valence-corrected chi connectivity index (χ2v) is 5.50. The molecule has 0 aliphatic carbocycles. The predicted molar refractivity (Wildman–Crippen MR) is 82.9 cm³/mol. The number of amides is 1. The first-order chi connectivity index (χ1) is 10.5. The summed E-state index contributed by atoms with van der Waals surface area (Å²) in [5, 5.41) is 14.2. The van der Waals surface area contributed by atoms with Gasteiger partial charge in [0.05, 0.1) is 22.6 Å². The van der Waals surface area contributed by atoms with E-state index in [0.29, 0.717) is 5.02 Å². The molecule has 22 heavy (non-hydrogen) atoms. The minimum atomic E-state index is -1.36. The molecule has 0 bridgehead atoms. The minimum absolute atomic E-state index is 0.125. The molecule has 6 heteroatoms. The number of rotatable bonds is 5. The molecule has 1 atom stereocenters. The molecule has 114 valence electrons. The molecule has 0 radical (unpaired) electrons. The van der Waals surface area contributed by atoms with E-state index in [1.165, 1.54) is 18.2 Å². The third kappa shape index (κ3) is 4.23. The number of carbonyl (C=O) groups excluding carboxylic acids is 2. The summed E-state index contributed by atoms with van der Waals surface area (Å²) in [6, 6.07) is 12.2. The molecule has 0 heterocycles. The fourth-order valence-corrected chi connectivity index (χ4v) is 2.45. The Kier molecular flexibility index (Phi) is 5.41. The summed E-state index contributed by atoms with van der Waals surface area (Å²) in [7, 11) is 0. The van der Waals surface area contributed by atoms with E-state index in [4.69, 9.17) is 23.2 Å². The van der Waals surface area contributed by atoms with Gasteiger partial charge in [0, 0.05) is 5.02 Å². The fraction of sp³-hybridized carbons (Fsp3) is 0.125. The Labute approximate surface area is 137 Å². The van der Waals surface area contributed by atoms with E-state index < -0.39 is 17.9 Å². The van der Waals surface area contributed by atoms with Crippen LogP contribution in [-0.4, -0.2) is 17.9 Å². The van der Waals surface area contributed by atoms with E-state index in [-0.39, 0.29) is 17.0 Å². The average Bonchev–Trinajstić information content (AvgIpc) is 2.47. The normalized spacial score (nSPS) is 11.7. The van der Waals surface area contributed by atoms with Crippen LogP contribution in [-0.2, 0) is 11.2 Å². The summed E-state index contributed by atoms with van der Waals surface area (Å²) in [5.41, 5.74) is 0.935. The number of hydrogen-bond acceptors (Lipinski definition) is 3. The van der Waals surface area contributed by atoms with Gasteiger partial charge in [-0.05, 0) is 30.2 Å². The van der Waals surface area contributed by atoms with Crippen LogP contribution in [0.3, 0.4) is 0 Å². The third-order valence-corrected chi connectivity index (χ3v) is 3.60. The Morgan fingerprint density at radius 1 is 1.09 bits per heavy atom. The lowest BCUT2D eigenvalue weighted by Gasteiger charge is -2.20. The van der Waals surface area contributed by atoms with Gasteiger partial charge in [-0.15, -0.1) is 0 Å². The maximum absolute atomic E-state index is 12.2. The van der Waals surface area contributed by atoms with Gasteiger partial charge in [-0.2, -0.15) is 0 Å². The molecule has 0 saturated carbocycles. The van der Waals surface area contributed by atoms with E-state index in [1.54, 1.807) is 24.3 Å². The summed E-state index contributed by atoms with van der Waals surface area (Å²) in [6.45, 7) is 0. The van der Waals surface area contributed by atoms with Gasteiger partial charge in [0.15, 0.2) is 0 Å². The first kappa shape index (κ1) is 16.3. The zero-order valence-corrected chi connectivity index (χ0v) is 12.9. The Morgan fingerprint density at radius 3 is 2.36 bits per heavy atom. The van der Waals surface area contributed by atoms with E-state index in [1.807, 2.05) is 6.07 Å². The van der Waals surface area contributed by atoms with E-state index >= 15 is 0 Å². The minimum Gasteiger partial charge on any atom is -0.548 e. The molecule has 4 nitrogen and oxygen atoms in total. The quantitative estimate of drug-likeness (QED) is 0.908. The Balaban J connectivity index is 2.14. The van der Waals surface area contributed by atoms with Gasteiger partial charge in [0.25, 0.3) is 5.91 Å². The molecular formula is C16H12Cl2NO3-. The number of benzene rings is 2. The van der Waals surface area contributed by atoms with Crippen molar-refractivity contribution in [2.24, 2.45) is 0 Å². The van der Waals surface area contributed by atoms with Crippen LogP contribution in [0.4, 0.5) is 0 Å². The highest BCUT2D eigenvalue weighted by Gasteiger charge is 2.17. The van der Waals surface area contributed by atoms with Crippen LogP contribution < -0.4 is 10.4 Å². The van der Waals surface area contributed by atoms with Gasteiger partial charge in [0.2, 0.25) is 0 Å². The zero-order chi connectivity index (χ0) is 16.1. The Bertz CT molecular complexity index is 689. The van der Waals surface area contributed by atoms with E-state index in [9.17, 15) is 14.7 Å². The van der Waals surface area contributed by atoms with Crippen LogP contribution in [0, 0.1) is 0 Å². The third-order valence-electron chi connectivity index (χ3n) is 3.05. The number of halogens is 2. The lowest BCUT2D eigenvalue weighted by atomic mass is 10.1. The first-order valence-corrected chi connectivity index (χ1v) is 7.23. The van der Waals surface area contributed by atoms with Crippen LogP contribution >= 0.6 is 23.2 Å². The summed E-state index contributed by atoms with van der Waals surface area (Å²) in [4.78, 5) is 23.4. The largest absolute Gasteiger partial charge is 0.548 e. The predicted octanol–water partition coefficient (Wildman–Crippen LogP) is 2.08. The maximum atomic E-state index is 12.2. The second kappa shape index (κ2) is 7.29. The lowest BCUT2D eigenvalue weighted by molar-refractivity contribution is -0.308. The molecule has 2 aromatic rings. The number of hydrogen-bond donors (Lipinski definition) is 1. The fourth-order valence-electron chi connectivity index (χ4n) is 1.95. The summed E-state index contributed by atoms with van der Waals surface area (Å²) in [6.07, 6.45) is 0.125. The monoisotopic (exact) mass is 336 g/mol. The number of carbonyl (C=O) groups is 2. The lowest BCUT2D eigenvalue weighted by Crippen LogP contribution is -2.49. The average molecular weight is 337 g/mol. The van der Waals surface area contributed by atoms with E-state index in [2.05, 4.69) is 5.32 Å². The highest BCUT2D eigenvalue weighted by molar-refractivity contribution is 6.36. The highest BCUT2D eigenvalue weighted by Crippen LogP contribution is 2.21. The van der Waals surface area contributed by atoms with Crippen molar-refractivity contribution in [2.45, 2.75) is 12.5 Å². The summed E-state index contributed by atoms with van der Waals surface area (Å²) in [5.74, 6) is -1.95. The molecule has 0 unspecified atom stereocenters. The zero-order valence-electron chi connectivity index (χ0n) is 11.4. The smallest absolute Gasteiger partial charge is 0.253 e. The second-order valence-electron chi connectivity index (χ2n) is 4.66. The van der Waals surface area contributed by atoms with Gasteiger partial charge in [0.1, 0.15) is 0 Å². The van der Waals surface area contributed by atoms with Crippen LogP contribution in [0.5, 0.6) is 0 Å². The molecule has 1 N–H and O–H groups in total. The van der Waals surface area contributed by atoms with Gasteiger partial charge in [-0.3, -0.25) is 4.79 Å². The van der Waals surface area contributed by atoms with Crippen molar-refractivity contribution in [1.29, 1.82) is 0 Å². The van der Waals surface area contributed by atoms with Crippen LogP contribution in [0.2, 0.25) is 10.0 Å². The molecule has 0 aliphatic heterocycles. The van der Waals surface area contributed by atoms with Crippen LogP contribution in [0.25, 0.3) is 0 Å². The molecule has 1 amide bonds. The molecule has 0 fully saturated rings. The first-order valence-electron chi connectivity index (χ1n) is 6.48. The van der Waals surface area contributed by atoms with E-state index in [0.717, 1.165) is 5.56 Å². The van der Waals surface area contributed by atoms with Crippen molar-refractivity contribution in [3.05, 3.63) is 69.7 Å². The summed E-state index contributed by atoms with van der Waals surface area (Å²) >= 11 is 11.7. The van der Waals surface area contributed by atoms with Gasteiger partial charge < -0.3 is 15.2 Å². The van der Waals surface area contributed by atoms with Crippen molar-refractivity contribution in [3.63, 3.8) is 0 Å². The van der Waals surface area contributed by atoms with Gasteiger partial charge in [-0.25, -0.2) is 0 Å². The van der Waals surface area contributed by atoms with Crippen LogP contribution in [0.1, 0.15) is 15.9 Å². The molecule has 0 aromatic heterocycles. The van der Waals surface area contributed by atoms with Gasteiger partial charge >= 0.3 is 0 Å². The summed E-state index contributed by atoms with van der Waals surface area (Å²) < 4.78 is 0. The van der Waals surface area contributed by atoms with Crippen molar-refractivity contribution in [3.8, 4) is 0 Å². The standard InChI is InChI=1S/C16H13Cl2NO3/c17-11-6-7-12(13(18)9-11)15(20)19-14(16(21)22)8-10-4-2-1-3-5-10/h1-7,9,14H,8H2,(H,19,20)(H,21,22)/p-1/t14-/m1/s1. The van der Waals surface area contributed by atoms with Crippen LogP contribution in [0.15, 0.2) is 48.5 Å². The van der Waals surface area contributed by atoms with Crippen molar-refractivity contribution in [1.82, 2.24) is 5.32 Å². The number of aliphatic carboxylic acids is 1. The highest BCUT2D eigenvalue weighted by atomic mass is 35.5. The van der Waals surface area contributed by atoms with Crippen molar-refractivity contribution in [2.75, 3.05) is 0 Å². The maximum Gasteiger partial charge on any atom is 0.253 e. The van der Waals surface area contributed by atoms with Gasteiger partial charge in [-0.1, -0.05) is 53.5 Å².